The molecule has 2 bridgehead atoms. The molecule has 1 amide bonds. The zero-order valence-electron chi connectivity index (χ0n) is 33.4. The number of hydrogen-bond acceptors (Lipinski definition) is 8. The number of aromatic nitrogens is 3. The van der Waals surface area contributed by atoms with Gasteiger partial charge in [-0.15, -0.1) is 5.54 Å². The number of amides is 1. The first-order valence-electron chi connectivity index (χ1n) is 19.3. The van der Waals surface area contributed by atoms with Crippen LogP contribution >= 0.6 is 0 Å². The first kappa shape index (κ1) is 39.1. The third kappa shape index (κ3) is 6.67. The number of rotatable bonds is 5. The first-order chi connectivity index (χ1) is 25.9. The summed E-state index contributed by atoms with van der Waals surface area (Å²) in [6.45, 7) is 19.4. The minimum Gasteiger partial charge on any atom is -0.477 e. The average molecular weight is 788 g/mol. The number of benzene rings is 2. The maximum atomic E-state index is 17.4. The number of halogens is 2. The molecule has 4 atom stereocenters. The molecular weight excluding hydrogens is 737 g/mol. The summed E-state index contributed by atoms with van der Waals surface area (Å²) in [5.74, 6) is 2.59. The van der Waals surface area contributed by atoms with Gasteiger partial charge in [-0.3, -0.25) is 9.11 Å². The van der Waals surface area contributed by atoms with Gasteiger partial charge in [-0.25, -0.2) is 28.5 Å². The second-order valence-corrected chi connectivity index (χ2v) is 24.0. The summed E-state index contributed by atoms with van der Waals surface area (Å²) in [4.78, 5) is 31.6. The summed E-state index contributed by atoms with van der Waals surface area (Å²) in [5.41, 5.74) is 4.42. The van der Waals surface area contributed by atoms with Gasteiger partial charge in [-0.05, 0) is 61.7 Å². The fraction of sp³-hybridized carbons (Fsp3) is 0.524. The van der Waals surface area contributed by atoms with Gasteiger partial charge in [-0.1, -0.05) is 71.7 Å². The van der Waals surface area contributed by atoms with Crippen LogP contribution in [0, 0.1) is 23.1 Å². The molecule has 2 aromatic carbocycles. The Morgan fingerprint density at radius 2 is 1.67 bits per heavy atom. The van der Waals surface area contributed by atoms with E-state index < -0.39 is 36.1 Å². The number of piperazine rings is 1. The van der Waals surface area contributed by atoms with Gasteiger partial charge in [-0.2, -0.15) is 0 Å². The van der Waals surface area contributed by atoms with Crippen LogP contribution in [-0.4, -0.2) is 81.4 Å². The van der Waals surface area contributed by atoms with Crippen molar-refractivity contribution in [1.82, 2.24) is 19.9 Å². The molecule has 13 heteroatoms. The molecule has 7 rings (SSSR count). The molecule has 0 N–H and O–H groups in total. The van der Waals surface area contributed by atoms with Gasteiger partial charge in [0.1, 0.15) is 41.9 Å². The van der Waals surface area contributed by atoms with Gasteiger partial charge >= 0.3 is 6.09 Å². The van der Waals surface area contributed by atoms with E-state index in [9.17, 15) is 9.00 Å². The second kappa shape index (κ2) is 14.4. The standard InChI is InChI=1S/C42H51F2N5O4SSi/c1-23(2)55(24(3)4,25(5)6)21-19-28-30(43)16-14-26-12-11-13-29(33(26)28)36-35(44)37-34-38(47-40(46-37)54(10)51)48-22-27-15-17-32(31(48)18-20-52-39(34)45-36)49(27)41(50)53-42(7,8)9/h11-14,16,23-25,27,31-32H,15,17-18,20,22H2,1-10H3/t27-,31-,32+,54?/m0/s1. The van der Waals surface area contributed by atoms with Crippen LogP contribution in [0.5, 0.6) is 5.88 Å². The van der Waals surface area contributed by atoms with Crippen LogP contribution in [0.15, 0.2) is 35.5 Å². The largest absolute Gasteiger partial charge is 0.477 e. The van der Waals surface area contributed by atoms with Crippen LogP contribution in [0.1, 0.15) is 87.1 Å². The Morgan fingerprint density at radius 1 is 0.964 bits per heavy atom. The predicted molar refractivity (Wildman–Crippen MR) is 217 cm³/mol. The van der Waals surface area contributed by atoms with E-state index in [2.05, 4.69) is 62.9 Å². The lowest BCUT2D eigenvalue weighted by molar-refractivity contribution is 0.00637. The summed E-state index contributed by atoms with van der Waals surface area (Å²) >= 11 is 0. The fourth-order valence-corrected chi connectivity index (χ4v) is 15.1. The molecule has 3 aliphatic heterocycles. The molecule has 0 saturated carbocycles. The molecule has 2 fully saturated rings. The number of nitrogens with zero attached hydrogens (tertiary/aromatic N) is 5. The van der Waals surface area contributed by atoms with Crippen molar-refractivity contribution in [3.05, 3.63) is 47.5 Å². The zero-order chi connectivity index (χ0) is 39.7. The quantitative estimate of drug-likeness (QED) is 0.112. The number of fused-ring (bicyclic) bond motifs is 6. The van der Waals surface area contributed by atoms with Crippen molar-refractivity contribution < 1.29 is 27.3 Å². The Labute approximate surface area is 326 Å². The van der Waals surface area contributed by atoms with E-state index in [1.807, 2.05) is 31.7 Å². The highest BCUT2D eigenvalue weighted by atomic mass is 32.2. The lowest BCUT2D eigenvalue weighted by Crippen LogP contribution is -2.62. The van der Waals surface area contributed by atoms with Gasteiger partial charge in [0.15, 0.2) is 5.82 Å². The van der Waals surface area contributed by atoms with E-state index in [4.69, 9.17) is 19.4 Å². The highest BCUT2D eigenvalue weighted by Crippen LogP contribution is 2.46. The van der Waals surface area contributed by atoms with Crippen molar-refractivity contribution in [3.8, 4) is 28.6 Å². The highest BCUT2D eigenvalue weighted by Gasteiger charge is 2.51. The second-order valence-electron chi connectivity index (χ2n) is 17.1. The number of carbonyl (C=O) groups is 1. The van der Waals surface area contributed by atoms with Gasteiger partial charge in [0.05, 0.1) is 41.1 Å². The smallest absolute Gasteiger partial charge is 0.410 e. The maximum absolute atomic E-state index is 17.4. The summed E-state index contributed by atoms with van der Waals surface area (Å²) in [6.07, 6.45) is 3.16. The number of carbonyl (C=O) groups excluding carboxylic acids is 1. The summed E-state index contributed by atoms with van der Waals surface area (Å²) in [5, 5.41) is 1.40. The summed E-state index contributed by atoms with van der Waals surface area (Å²) < 4.78 is 58.8. The van der Waals surface area contributed by atoms with Gasteiger partial charge < -0.3 is 14.4 Å². The Kier molecular flexibility index (Phi) is 10.2. The SMILES string of the molecule is CC(C)[Si](C#Cc1c(F)ccc2cccc(-c3nc4c5c(nc(S(C)=O)nc5c3F)N3C[C@@H]5CC[C@H]([C@@H]3CCO4)N5C(=O)OC(C)(C)C)c12)(C(C)C)C(C)C. The Morgan fingerprint density at radius 3 is 2.33 bits per heavy atom. The van der Waals surface area contributed by atoms with Crippen LogP contribution in [0.3, 0.4) is 0 Å². The normalized spacial score (nSPS) is 20.3. The van der Waals surface area contributed by atoms with Crippen molar-refractivity contribution >= 4 is 52.5 Å². The Balaban J connectivity index is 1.43. The number of pyridine rings is 1. The van der Waals surface area contributed by atoms with E-state index in [-0.39, 0.29) is 64.0 Å². The molecule has 55 heavy (non-hydrogen) atoms. The molecule has 2 saturated heterocycles. The Bertz CT molecular complexity index is 2260. The van der Waals surface area contributed by atoms with Crippen molar-refractivity contribution in [1.29, 1.82) is 0 Å². The third-order valence-corrected chi connectivity index (χ3v) is 18.8. The monoisotopic (exact) mass is 787 g/mol. The van der Waals surface area contributed by atoms with Crippen molar-refractivity contribution in [2.24, 2.45) is 0 Å². The fourth-order valence-electron chi connectivity index (χ4n) is 9.51. The topological polar surface area (TPSA) is 97.8 Å². The molecular formula is C42H51F2N5O4SSi. The molecule has 9 nitrogen and oxygen atoms in total. The highest BCUT2D eigenvalue weighted by molar-refractivity contribution is 7.84. The van der Waals surface area contributed by atoms with E-state index in [1.165, 1.54) is 12.3 Å². The molecule has 3 aliphatic rings. The third-order valence-electron chi connectivity index (χ3n) is 11.8. The lowest BCUT2D eigenvalue weighted by Gasteiger charge is -2.48. The van der Waals surface area contributed by atoms with Crippen molar-refractivity contribution in [2.75, 3.05) is 24.3 Å². The van der Waals surface area contributed by atoms with Crippen LogP contribution in [0.25, 0.3) is 32.9 Å². The van der Waals surface area contributed by atoms with Crippen LogP contribution < -0.4 is 9.64 Å². The lowest BCUT2D eigenvalue weighted by atomic mass is 9.96. The number of hydrogen-bond donors (Lipinski definition) is 0. The summed E-state index contributed by atoms with van der Waals surface area (Å²) in [7, 11) is -3.93. The van der Waals surface area contributed by atoms with E-state index in [1.54, 1.807) is 18.2 Å². The van der Waals surface area contributed by atoms with E-state index in [0.717, 1.165) is 12.8 Å². The zero-order valence-corrected chi connectivity index (χ0v) is 35.2. The minimum atomic E-state index is -2.26. The number of ether oxygens (including phenoxy) is 2. The van der Waals surface area contributed by atoms with E-state index in [0.29, 0.717) is 51.7 Å². The minimum absolute atomic E-state index is 0.0291. The van der Waals surface area contributed by atoms with Crippen LogP contribution in [0.2, 0.25) is 16.6 Å². The molecule has 0 radical (unpaired) electrons. The Hall–Kier alpha value is -4.15. The van der Waals surface area contributed by atoms with Gasteiger partial charge in [0.25, 0.3) is 0 Å². The molecule has 4 aromatic rings. The van der Waals surface area contributed by atoms with Crippen molar-refractivity contribution in [3.63, 3.8) is 0 Å². The van der Waals surface area contributed by atoms with Crippen molar-refractivity contribution in [2.45, 2.75) is 127 Å². The molecule has 0 spiro atoms. The first-order valence-corrected chi connectivity index (χ1v) is 23.1. The predicted octanol–water partition coefficient (Wildman–Crippen LogP) is 9.17. The van der Waals surface area contributed by atoms with E-state index >= 15 is 8.78 Å². The van der Waals surface area contributed by atoms with Gasteiger partial charge in [0, 0.05) is 30.2 Å². The van der Waals surface area contributed by atoms with Crippen LogP contribution in [0.4, 0.5) is 19.4 Å². The summed E-state index contributed by atoms with van der Waals surface area (Å²) in [6, 6.07) is 7.90. The number of anilines is 1. The molecule has 292 valence electrons. The molecule has 5 heterocycles. The molecule has 2 aromatic heterocycles. The molecule has 0 aliphatic carbocycles. The average Bonchev–Trinajstić information content (AvgIpc) is 3.43. The molecule has 1 unspecified atom stereocenters. The van der Waals surface area contributed by atoms with Gasteiger partial charge in [0.2, 0.25) is 11.0 Å². The maximum Gasteiger partial charge on any atom is 0.410 e. The van der Waals surface area contributed by atoms with Crippen LogP contribution in [-0.2, 0) is 15.5 Å².